The van der Waals surface area contributed by atoms with E-state index in [1.807, 2.05) is 11.9 Å². The molecule has 1 amide bonds. The number of carbonyl (C=O) groups is 1. The van der Waals surface area contributed by atoms with E-state index in [9.17, 15) is 4.79 Å². The first-order chi connectivity index (χ1) is 11.2. The second-order valence-corrected chi connectivity index (χ2v) is 7.36. The molecule has 1 aliphatic heterocycles. The van der Waals surface area contributed by atoms with Crippen LogP contribution in [0, 0.1) is 0 Å². The average molecular weight is 336 g/mol. The van der Waals surface area contributed by atoms with Crippen LogP contribution in [0.1, 0.15) is 43.0 Å². The number of anilines is 2. The minimum absolute atomic E-state index is 0.358. The Morgan fingerprint density at radius 1 is 1.30 bits per heavy atom. The van der Waals surface area contributed by atoms with Crippen molar-refractivity contribution in [2.75, 3.05) is 29.5 Å². The number of amides is 1. The number of piperidine rings is 1. The molecule has 126 valence electrons. The van der Waals surface area contributed by atoms with Gasteiger partial charge in [0.25, 0.3) is 5.91 Å². The molecule has 8 heteroatoms. The van der Waals surface area contributed by atoms with E-state index in [0.717, 1.165) is 44.5 Å². The highest BCUT2D eigenvalue weighted by atomic mass is 32.2. The van der Waals surface area contributed by atoms with Crippen LogP contribution in [0.4, 0.5) is 11.8 Å². The van der Waals surface area contributed by atoms with Gasteiger partial charge in [0.15, 0.2) is 0 Å². The second-order valence-electron chi connectivity index (χ2n) is 6.00. The van der Waals surface area contributed by atoms with E-state index in [-0.39, 0.29) is 0 Å². The molecule has 7 nitrogen and oxygen atoms in total. The summed E-state index contributed by atoms with van der Waals surface area (Å²) in [5.74, 6) is 1.74. The molecule has 23 heavy (non-hydrogen) atoms. The normalized spacial score (nSPS) is 19.5. The van der Waals surface area contributed by atoms with Gasteiger partial charge in [-0.1, -0.05) is 18.9 Å². The van der Waals surface area contributed by atoms with Gasteiger partial charge in [0.2, 0.25) is 5.95 Å². The van der Waals surface area contributed by atoms with Gasteiger partial charge in [-0.25, -0.2) is 4.98 Å². The van der Waals surface area contributed by atoms with Crippen LogP contribution >= 0.6 is 11.9 Å². The molecule has 3 rings (SSSR count). The largest absolute Gasteiger partial charge is 0.367 e. The van der Waals surface area contributed by atoms with Crippen LogP contribution in [0.25, 0.3) is 0 Å². The van der Waals surface area contributed by atoms with Gasteiger partial charge in [0, 0.05) is 37.1 Å². The maximum absolute atomic E-state index is 11.5. The Bertz CT molecular complexity index is 557. The number of rotatable bonds is 7. The van der Waals surface area contributed by atoms with E-state index in [0.29, 0.717) is 29.4 Å². The third-order valence-electron chi connectivity index (χ3n) is 4.07. The summed E-state index contributed by atoms with van der Waals surface area (Å²) in [6.45, 7) is 4.32. The lowest BCUT2D eigenvalue weighted by Gasteiger charge is -2.31. The van der Waals surface area contributed by atoms with Crippen molar-refractivity contribution in [3.8, 4) is 0 Å². The number of nitrogens with two attached hydrogens (primary N) is 1. The fraction of sp³-hybridized carbons (Fsp3) is 0.667. The topological polar surface area (TPSA) is 96.2 Å². The van der Waals surface area contributed by atoms with E-state index in [1.54, 1.807) is 0 Å². The zero-order valence-electron chi connectivity index (χ0n) is 13.4. The van der Waals surface area contributed by atoms with Crippen LogP contribution in [0.2, 0.25) is 0 Å². The Kier molecular flexibility index (Phi) is 5.22. The van der Waals surface area contributed by atoms with Crippen molar-refractivity contribution in [2.45, 2.75) is 44.7 Å². The summed E-state index contributed by atoms with van der Waals surface area (Å²) in [6.07, 6.45) is 5.88. The lowest BCUT2D eigenvalue weighted by Crippen LogP contribution is -2.36. The van der Waals surface area contributed by atoms with Gasteiger partial charge < -0.3 is 16.4 Å². The Morgan fingerprint density at radius 3 is 2.61 bits per heavy atom. The second kappa shape index (κ2) is 7.35. The third kappa shape index (κ3) is 4.48. The van der Waals surface area contributed by atoms with Crippen molar-refractivity contribution >= 4 is 29.6 Å². The highest BCUT2D eigenvalue weighted by molar-refractivity contribution is 7.96. The minimum Gasteiger partial charge on any atom is -0.367 e. The fourth-order valence-electron chi connectivity index (χ4n) is 2.66. The molecule has 2 heterocycles. The smallest absolute Gasteiger partial charge is 0.254 e. The third-order valence-corrected chi connectivity index (χ3v) is 5.06. The summed E-state index contributed by atoms with van der Waals surface area (Å²) < 4.78 is 2.41. The molecule has 1 aromatic rings. The van der Waals surface area contributed by atoms with Gasteiger partial charge in [-0.05, 0) is 25.7 Å². The first kappa shape index (κ1) is 16.3. The summed E-state index contributed by atoms with van der Waals surface area (Å²) in [4.78, 5) is 20.2. The first-order valence-electron chi connectivity index (χ1n) is 8.23. The molecular formula is C15H24N6OS. The van der Waals surface area contributed by atoms with Crippen molar-refractivity contribution in [1.29, 1.82) is 0 Å². The average Bonchev–Trinajstić information content (AvgIpc) is 3.33. The molecule has 1 saturated carbocycles. The van der Waals surface area contributed by atoms with Crippen LogP contribution in [-0.4, -0.2) is 51.1 Å². The fourth-order valence-corrected chi connectivity index (χ4v) is 3.49. The van der Waals surface area contributed by atoms with Crippen molar-refractivity contribution in [1.82, 2.24) is 14.3 Å². The molecule has 0 atom stereocenters. The monoisotopic (exact) mass is 336 g/mol. The minimum atomic E-state index is -0.496. The van der Waals surface area contributed by atoms with Crippen molar-refractivity contribution < 1.29 is 4.79 Å². The van der Waals surface area contributed by atoms with Crippen molar-refractivity contribution in [2.24, 2.45) is 5.73 Å². The predicted molar refractivity (Wildman–Crippen MR) is 93.5 cm³/mol. The van der Waals surface area contributed by atoms with Gasteiger partial charge >= 0.3 is 0 Å². The molecule has 0 radical (unpaired) electrons. The highest BCUT2D eigenvalue weighted by Crippen LogP contribution is 2.26. The molecule has 0 spiro atoms. The van der Waals surface area contributed by atoms with E-state index < -0.39 is 5.91 Å². The summed E-state index contributed by atoms with van der Waals surface area (Å²) >= 11 is 1.89. The van der Waals surface area contributed by atoms with Gasteiger partial charge in [-0.3, -0.25) is 9.10 Å². The van der Waals surface area contributed by atoms with Gasteiger partial charge in [0.05, 0.1) is 5.56 Å². The van der Waals surface area contributed by atoms with Crippen LogP contribution < -0.4 is 16.4 Å². The predicted octanol–water partition coefficient (Wildman–Crippen LogP) is 1.69. The van der Waals surface area contributed by atoms with Crippen molar-refractivity contribution in [3.63, 3.8) is 0 Å². The molecule has 2 aliphatic rings. The quantitative estimate of drug-likeness (QED) is 0.652. The van der Waals surface area contributed by atoms with Crippen LogP contribution in [0.15, 0.2) is 6.20 Å². The first-order valence-corrected chi connectivity index (χ1v) is 9.17. The molecular weight excluding hydrogens is 312 g/mol. The molecule has 1 aromatic heterocycles. The standard InChI is InChI=1S/C15H24N6OS/c1-2-23-21-7-5-11(6-8-21)19-15-17-9-12(13(16)22)14(20-15)18-10-3-4-10/h9-11H,2-8H2,1H3,(H2,16,22)(H2,17,18,19,20). The number of hydrogen-bond donors (Lipinski definition) is 3. The van der Waals surface area contributed by atoms with Gasteiger partial charge in [-0.2, -0.15) is 4.98 Å². The molecule has 1 saturated heterocycles. The molecule has 4 N–H and O–H groups in total. The summed E-state index contributed by atoms with van der Waals surface area (Å²) in [7, 11) is 0. The van der Waals surface area contributed by atoms with Gasteiger partial charge in [0.1, 0.15) is 5.82 Å². The number of primary amides is 1. The zero-order valence-corrected chi connectivity index (χ0v) is 14.2. The highest BCUT2D eigenvalue weighted by Gasteiger charge is 2.25. The van der Waals surface area contributed by atoms with Crippen LogP contribution in [0.3, 0.4) is 0 Å². The Balaban J connectivity index is 1.62. The molecule has 1 aliphatic carbocycles. The lowest BCUT2D eigenvalue weighted by atomic mass is 10.1. The van der Waals surface area contributed by atoms with E-state index in [1.165, 1.54) is 6.20 Å². The van der Waals surface area contributed by atoms with E-state index >= 15 is 0 Å². The number of hydrogen-bond acceptors (Lipinski definition) is 7. The molecule has 2 fully saturated rings. The van der Waals surface area contributed by atoms with Crippen LogP contribution in [-0.2, 0) is 0 Å². The zero-order chi connectivity index (χ0) is 16.2. The summed E-state index contributed by atoms with van der Waals surface area (Å²) in [5.41, 5.74) is 5.76. The molecule has 0 aromatic carbocycles. The maximum Gasteiger partial charge on any atom is 0.254 e. The Labute approximate surface area is 140 Å². The molecule has 0 bridgehead atoms. The maximum atomic E-state index is 11.5. The Hall–Kier alpha value is -1.54. The number of carbonyl (C=O) groups excluding carboxylic acids is 1. The van der Waals surface area contributed by atoms with Crippen LogP contribution in [0.5, 0.6) is 0 Å². The Morgan fingerprint density at radius 2 is 2.00 bits per heavy atom. The van der Waals surface area contributed by atoms with E-state index in [2.05, 4.69) is 31.8 Å². The summed E-state index contributed by atoms with van der Waals surface area (Å²) in [5, 5.41) is 6.66. The lowest BCUT2D eigenvalue weighted by molar-refractivity contribution is 0.100. The SMILES string of the molecule is CCSN1CCC(Nc2ncc(C(N)=O)c(NC3CC3)n2)CC1. The number of nitrogens with one attached hydrogen (secondary N) is 2. The number of nitrogens with zero attached hydrogens (tertiary/aromatic N) is 3. The molecule has 0 unspecified atom stereocenters. The van der Waals surface area contributed by atoms with E-state index in [4.69, 9.17) is 5.73 Å². The number of aromatic nitrogens is 2. The summed E-state index contributed by atoms with van der Waals surface area (Å²) in [6, 6.07) is 0.780. The van der Waals surface area contributed by atoms with Crippen molar-refractivity contribution in [3.05, 3.63) is 11.8 Å². The van der Waals surface area contributed by atoms with Gasteiger partial charge in [-0.15, -0.1) is 0 Å².